The SMILES string of the molecule is COc1ccnc(CN2C(=O)CN(CCc3ccccc3)C(=O)[C@@H]2C)c1. The molecule has 0 bridgehead atoms. The molecule has 1 saturated heterocycles. The first-order valence-corrected chi connectivity index (χ1v) is 8.69. The highest BCUT2D eigenvalue weighted by molar-refractivity contribution is 5.94. The molecule has 0 aliphatic carbocycles. The van der Waals surface area contributed by atoms with Crippen LogP contribution in [0.1, 0.15) is 18.2 Å². The van der Waals surface area contributed by atoms with E-state index in [1.54, 1.807) is 42.2 Å². The zero-order chi connectivity index (χ0) is 18.5. The summed E-state index contributed by atoms with van der Waals surface area (Å²) in [6, 6.07) is 13.0. The fourth-order valence-electron chi connectivity index (χ4n) is 3.11. The van der Waals surface area contributed by atoms with Crippen LogP contribution in [0, 0.1) is 0 Å². The number of carbonyl (C=O) groups excluding carboxylic acids is 2. The Bertz CT molecular complexity index is 779. The standard InChI is InChI=1S/C20H23N3O3/c1-15-20(25)22(11-9-16-6-4-3-5-7-16)14-19(24)23(15)13-17-12-18(26-2)8-10-21-17/h3-8,10,12,15H,9,11,13-14H2,1-2H3/t15-/m0/s1. The zero-order valence-electron chi connectivity index (χ0n) is 15.1. The summed E-state index contributed by atoms with van der Waals surface area (Å²) in [5, 5.41) is 0. The van der Waals surface area contributed by atoms with E-state index in [4.69, 9.17) is 4.74 Å². The van der Waals surface area contributed by atoms with Crippen molar-refractivity contribution in [3.8, 4) is 5.75 Å². The van der Waals surface area contributed by atoms with Crippen LogP contribution in [0.2, 0.25) is 0 Å². The Balaban J connectivity index is 1.65. The molecule has 0 unspecified atom stereocenters. The number of ether oxygens (including phenoxy) is 1. The summed E-state index contributed by atoms with van der Waals surface area (Å²) < 4.78 is 5.19. The number of amides is 2. The van der Waals surface area contributed by atoms with E-state index >= 15 is 0 Å². The lowest BCUT2D eigenvalue weighted by Gasteiger charge is -2.38. The lowest BCUT2D eigenvalue weighted by Crippen LogP contribution is -2.58. The maximum Gasteiger partial charge on any atom is 0.245 e. The topological polar surface area (TPSA) is 62.7 Å². The van der Waals surface area contributed by atoms with E-state index in [0.717, 1.165) is 12.0 Å². The normalized spacial score (nSPS) is 17.5. The van der Waals surface area contributed by atoms with Crippen LogP contribution in [-0.2, 0) is 22.6 Å². The third kappa shape index (κ3) is 4.02. The number of benzene rings is 1. The molecule has 2 aromatic rings. The number of pyridine rings is 1. The van der Waals surface area contributed by atoms with Gasteiger partial charge in [0.05, 0.1) is 25.9 Å². The van der Waals surface area contributed by atoms with Crippen molar-refractivity contribution in [1.82, 2.24) is 14.8 Å². The molecule has 2 heterocycles. The molecule has 2 amide bonds. The van der Waals surface area contributed by atoms with Crippen molar-refractivity contribution < 1.29 is 14.3 Å². The first-order chi connectivity index (χ1) is 12.6. The summed E-state index contributed by atoms with van der Waals surface area (Å²) in [7, 11) is 1.59. The lowest BCUT2D eigenvalue weighted by molar-refractivity contribution is -0.155. The van der Waals surface area contributed by atoms with Gasteiger partial charge in [-0.15, -0.1) is 0 Å². The molecule has 3 rings (SSSR count). The second-order valence-corrected chi connectivity index (χ2v) is 6.38. The molecule has 1 aliphatic rings. The Kier molecular flexibility index (Phi) is 5.51. The van der Waals surface area contributed by atoms with Gasteiger partial charge in [0.1, 0.15) is 11.8 Å². The van der Waals surface area contributed by atoms with Gasteiger partial charge in [-0.25, -0.2) is 0 Å². The van der Waals surface area contributed by atoms with Crippen LogP contribution in [0.25, 0.3) is 0 Å². The van der Waals surface area contributed by atoms with E-state index in [0.29, 0.717) is 24.5 Å². The minimum atomic E-state index is -0.500. The van der Waals surface area contributed by atoms with Gasteiger partial charge in [-0.1, -0.05) is 30.3 Å². The van der Waals surface area contributed by atoms with E-state index in [-0.39, 0.29) is 18.4 Å². The van der Waals surface area contributed by atoms with Gasteiger partial charge >= 0.3 is 0 Å². The minimum absolute atomic E-state index is 0.0246. The van der Waals surface area contributed by atoms with Crippen LogP contribution in [0.4, 0.5) is 0 Å². The number of aromatic nitrogens is 1. The van der Waals surface area contributed by atoms with Crippen molar-refractivity contribution in [2.75, 3.05) is 20.2 Å². The highest BCUT2D eigenvalue weighted by Gasteiger charge is 2.36. The Morgan fingerprint density at radius 1 is 1.19 bits per heavy atom. The molecule has 1 aromatic carbocycles. The van der Waals surface area contributed by atoms with E-state index in [9.17, 15) is 9.59 Å². The fourth-order valence-corrected chi connectivity index (χ4v) is 3.11. The number of hydrogen-bond acceptors (Lipinski definition) is 4. The molecule has 1 aliphatic heterocycles. The highest BCUT2D eigenvalue weighted by atomic mass is 16.5. The van der Waals surface area contributed by atoms with E-state index in [1.807, 2.05) is 30.3 Å². The number of hydrogen-bond donors (Lipinski definition) is 0. The predicted molar refractivity (Wildman–Crippen MR) is 97.5 cm³/mol. The molecule has 0 N–H and O–H groups in total. The first-order valence-electron chi connectivity index (χ1n) is 8.69. The maximum atomic E-state index is 12.7. The fraction of sp³-hybridized carbons (Fsp3) is 0.350. The van der Waals surface area contributed by atoms with Gasteiger partial charge in [0.15, 0.2) is 0 Å². The molecular formula is C20H23N3O3. The second-order valence-electron chi connectivity index (χ2n) is 6.38. The third-order valence-electron chi connectivity index (χ3n) is 4.65. The van der Waals surface area contributed by atoms with Gasteiger partial charge in [0.2, 0.25) is 11.8 Å². The molecule has 0 radical (unpaired) electrons. The van der Waals surface area contributed by atoms with Crippen molar-refractivity contribution in [2.24, 2.45) is 0 Å². The van der Waals surface area contributed by atoms with Gasteiger partial charge in [0.25, 0.3) is 0 Å². The molecule has 26 heavy (non-hydrogen) atoms. The summed E-state index contributed by atoms with van der Waals surface area (Å²) in [4.78, 5) is 32.8. The highest BCUT2D eigenvalue weighted by Crippen LogP contribution is 2.18. The Hall–Kier alpha value is -2.89. The predicted octanol–water partition coefficient (Wildman–Crippen LogP) is 1.89. The van der Waals surface area contributed by atoms with Gasteiger partial charge < -0.3 is 14.5 Å². The molecule has 136 valence electrons. The molecule has 6 heteroatoms. The molecule has 1 atom stereocenters. The number of carbonyl (C=O) groups is 2. The van der Waals surface area contributed by atoms with Crippen LogP contribution in [-0.4, -0.2) is 52.8 Å². The summed E-state index contributed by atoms with van der Waals surface area (Å²) in [6.07, 6.45) is 2.38. The van der Waals surface area contributed by atoms with E-state index in [2.05, 4.69) is 4.98 Å². The summed E-state index contributed by atoms with van der Waals surface area (Å²) in [5.74, 6) is 0.598. The van der Waals surface area contributed by atoms with Crippen LogP contribution < -0.4 is 4.74 Å². The van der Waals surface area contributed by atoms with Gasteiger partial charge in [0, 0.05) is 18.8 Å². The number of piperazine rings is 1. The van der Waals surface area contributed by atoms with Crippen molar-refractivity contribution in [1.29, 1.82) is 0 Å². The van der Waals surface area contributed by atoms with Crippen LogP contribution >= 0.6 is 0 Å². The number of rotatable bonds is 6. The van der Waals surface area contributed by atoms with Crippen molar-refractivity contribution in [3.05, 3.63) is 59.9 Å². The van der Waals surface area contributed by atoms with E-state index < -0.39 is 6.04 Å². The van der Waals surface area contributed by atoms with Crippen LogP contribution in [0.3, 0.4) is 0 Å². The minimum Gasteiger partial charge on any atom is -0.497 e. The Morgan fingerprint density at radius 3 is 2.69 bits per heavy atom. The smallest absolute Gasteiger partial charge is 0.245 e. The lowest BCUT2D eigenvalue weighted by atomic mass is 10.1. The van der Waals surface area contributed by atoms with Gasteiger partial charge in [-0.05, 0) is 25.0 Å². The number of nitrogens with zero attached hydrogens (tertiary/aromatic N) is 3. The average molecular weight is 353 g/mol. The van der Waals surface area contributed by atoms with Crippen molar-refractivity contribution >= 4 is 11.8 Å². The van der Waals surface area contributed by atoms with Crippen molar-refractivity contribution in [2.45, 2.75) is 25.9 Å². The maximum absolute atomic E-state index is 12.7. The molecule has 0 spiro atoms. The van der Waals surface area contributed by atoms with Crippen LogP contribution in [0.15, 0.2) is 48.7 Å². The Morgan fingerprint density at radius 2 is 1.96 bits per heavy atom. The first kappa shape index (κ1) is 17.9. The summed E-state index contributed by atoms with van der Waals surface area (Å²) >= 11 is 0. The molecule has 1 fully saturated rings. The average Bonchev–Trinajstić information content (AvgIpc) is 2.68. The summed E-state index contributed by atoms with van der Waals surface area (Å²) in [5.41, 5.74) is 1.86. The molecule has 6 nitrogen and oxygen atoms in total. The second kappa shape index (κ2) is 7.99. The Labute approximate surface area is 153 Å². The monoisotopic (exact) mass is 353 g/mol. The summed E-state index contributed by atoms with van der Waals surface area (Å²) in [6.45, 7) is 2.73. The van der Waals surface area contributed by atoms with Crippen molar-refractivity contribution in [3.63, 3.8) is 0 Å². The van der Waals surface area contributed by atoms with E-state index in [1.165, 1.54) is 0 Å². The largest absolute Gasteiger partial charge is 0.497 e. The molecule has 0 saturated carbocycles. The zero-order valence-corrected chi connectivity index (χ0v) is 15.1. The van der Waals surface area contributed by atoms with Gasteiger partial charge in [-0.3, -0.25) is 14.6 Å². The van der Waals surface area contributed by atoms with Crippen LogP contribution in [0.5, 0.6) is 5.75 Å². The molecular weight excluding hydrogens is 330 g/mol. The molecule has 1 aromatic heterocycles. The van der Waals surface area contributed by atoms with Gasteiger partial charge in [-0.2, -0.15) is 0 Å². The third-order valence-corrected chi connectivity index (χ3v) is 4.65. The quantitative estimate of drug-likeness (QED) is 0.796. The number of methoxy groups -OCH3 is 1.